The SMILES string of the molecule is CC(C)CNCc1cc(F)c(OCc2ccsc2)c(F)c1. The Morgan fingerprint density at radius 2 is 1.90 bits per heavy atom. The molecule has 2 nitrogen and oxygen atoms in total. The summed E-state index contributed by atoms with van der Waals surface area (Å²) in [4.78, 5) is 0. The molecule has 21 heavy (non-hydrogen) atoms. The second-order valence-electron chi connectivity index (χ2n) is 5.33. The van der Waals surface area contributed by atoms with Crippen LogP contribution in [0.5, 0.6) is 5.75 Å². The summed E-state index contributed by atoms with van der Waals surface area (Å²) >= 11 is 1.52. The van der Waals surface area contributed by atoms with Crippen molar-refractivity contribution in [2.45, 2.75) is 27.0 Å². The highest BCUT2D eigenvalue weighted by Crippen LogP contribution is 2.24. The molecule has 114 valence electrons. The number of hydrogen-bond donors (Lipinski definition) is 1. The molecule has 0 saturated heterocycles. The van der Waals surface area contributed by atoms with Crippen LogP contribution in [0.1, 0.15) is 25.0 Å². The van der Waals surface area contributed by atoms with Gasteiger partial charge in [-0.15, -0.1) is 0 Å². The van der Waals surface area contributed by atoms with Crippen LogP contribution in [0.3, 0.4) is 0 Å². The maximum atomic E-state index is 13.9. The Labute approximate surface area is 127 Å². The van der Waals surface area contributed by atoms with Crippen LogP contribution in [-0.2, 0) is 13.2 Å². The highest BCUT2D eigenvalue weighted by molar-refractivity contribution is 7.07. The quantitative estimate of drug-likeness (QED) is 0.821. The third kappa shape index (κ3) is 4.79. The average Bonchev–Trinajstić information content (AvgIpc) is 2.90. The van der Waals surface area contributed by atoms with Crippen LogP contribution < -0.4 is 10.1 Å². The molecule has 0 aliphatic heterocycles. The lowest BCUT2D eigenvalue weighted by molar-refractivity contribution is 0.274. The summed E-state index contributed by atoms with van der Waals surface area (Å²) < 4.78 is 33.1. The van der Waals surface area contributed by atoms with Gasteiger partial charge in [-0.25, -0.2) is 8.78 Å². The Balaban J connectivity index is 1.99. The van der Waals surface area contributed by atoms with E-state index in [1.807, 2.05) is 16.8 Å². The monoisotopic (exact) mass is 311 g/mol. The first kappa shape index (κ1) is 15.9. The van der Waals surface area contributed by atoms with Crippen molar-refractivity contribution >= 4 is 11.3 Å². The fraction of sp³-hybridized carbons (Fsp3) is 0.375. The van der Waals surface area contributed by atoms with Crippen LogP contribution in [-0.4, -0.2) is 6.54 Å². The molecule has 0 unspecified atom stereocenters. The molecule has 0 atom stereocenters. The van der Waals surface area contributed by atoms with Crippen LogP contribution in [0.2, 0.25) is 0 Å². The van der Waals surface area contributed by atoms with E-state index in [0.717, 1.165) is 12.1 Å². The molecule has 0 radical (unpaired) electrons. The summed E-state index contributed by atoms with van der Waals surface area (Å²) in [7, 11) is 0. The number of thiophene rings is 1. The fourth-order valence-electron chi connectivity index (χ4n) is 1.89. The molecule has 0 bridgehead atoms. The molecule has 0 fully saturated rings. The molecule has 1 N–H and O–H groups in total. The summed E-state index contributed by atoms with van der Waals surface area (Å²) in [6, 6.07) is 4.50. The number of nitrogens with one attached hydrogen (secondary N) is 1. The summed E-state index contributed by atoms with van der Waals surface area (Å²) in [5.74, 6) is -1.14. The number of ether oxygens (including phenoxy) is 1. The van der Waals surface area contributed by atoms with Crippen molar-refractivity contribution in [2.75, 3.05) is 6.54 Å². The molecule has 0 aliphatic rings. The molecule has 1 aromatic carbocycles. The second-order valence-corrected chi connectivity index (χ2v) is 6.11. The van der Waals surface area contributed by atoms with E-state index in [2.05, 4.69) is 19.2 Å². The van der Waals surface area contributed by atoms with E-state index in [-0.39, 0.29) is 12.4 Å². The summed E-state index contributed by atoms with van der Waals surface area (Å²) in [5.41, 5.74) is 1.48. The molecule has 0 amide bonds. The maximum absolute atomic E-state index is 13.9. The van der Waals surface area contributed by atoms with Gasteiger partial charge in [0.1, 0.15) is 6.61 Å². The van der Waals surface area contributed by atoms with Gasteiger partial charge < -0.3 is 10.1 Å². The minimum atomic E-state index is -0.661. The van der Waals surface area contributed by atoms with Crippen molar-refractivity contribution < 1.29 is 13.5 Å². The molecular formula is C16H19F2NOS. The van der Waals surface area contributed by atoms with Crippen LogP contribution in [0.15, 0.2) is 29.0 Å². The zero-order valence-electron chi connectivity index (χ0n) is 12.2. The first-order valence-corrected chi connectivity index (χ1v) is 7.83. The van der Waals surface area contributed by atoms with Gasteiger partial charge in [-0.3, -0.25) is 0 Å². The third-order valence-electron chi connectivity index (χ3n) is 2.90. The predicted molar refractivity (Wildman–Crippen MR) is 81.6 cm³/mol. The van der Waals surface area contributed by atoms with Crippen LogP contribution in [0.4, 0.5) is 8.78 Å². The normalized spacial score (nSPS) is 11.1. The molecule has 2 rings (SSSR count). The second kappa shape index (κ2) is 7.52. The van der Waals surface area contributed by atoms with Crippen LogP contribution in [0, 0.1) is 17.6 Å². The van der Waals surface area contributed by atoms with Gasteiger partial charge in [-0.2, -0.15) is 11.3 Å². The first-order valence-electron chi connectivity index (χ1n) is 6.88. The zero-order valence-corrected chi connectivity index (χ0v) is 13.0. The van der Waals surface area contributed by atoms with Crippen molar-refractivity contribution in [3.8, 4) is 5.75 Å². The van der Waals surface area contributed by atoms with E-state index in [4.69, 9.17) is 4.74 Å². The Morgan fingerprint density at radius 3 is 2.48 bits per heavy atom. The van der Waals surface area contributed by atoms with E-state index in [1.54, 1.807) is 0 Å². The third-order valence-corrected chi connectivity index (χ3v) is 3.64. The Kier molecular flexibility index (Phi) is 5.70. The minimum Gasteiger partial charge on any atom is -0.483 e. The average molecular weight is 311 g/mol. The van der Waals surface area contributed by atoms with E-state index in [0.29, 0.717) is 18.0 Å². The summed E-state index contributed by atoms with van der Waals surface area (Å²) in [6.07, 6.45) is 0. The summed E-state index contributed by atoms with van der Waals surface area (Å²) in [6.45, 7) is 5.57. The lowest BCUT2D eigenvalue weighted by atomic mass is 10.1. The Hall–Kier alpha value is -1.46. The van der Waals surface area contributed by atoms with Crippen molar-refractivity contribution in [3.05, 3.63) is 51.7 Å². The predicted octanol–water partition coefficient (Wildman–Crippen LogP) is 4.35. The van der Waals surface area contributed by atoms with Gasteiger partial charge in [0.15, 0.2) is 17.4 Å². The van der Waals surface area contributed by atoms with Gasteiger partial charge in [-0.1, -0.05) is 13.8 Å². The van der Waals surface area contributed by atoms with Crippen molar-refractivity contribution in [1.82, 2.24) is 5.32 Å². The molecule has 2 aromatic rings. The van der Waals surface area contributed by atoms with Gasteiger partial charge >= 0.3 is 0 Å². The number of halogens is 2. The van der Waals surface area contributed by atoms with Gasteiger partial charge in [0.05, 0.1) is 0 Å². The van der Waals surface area contributed by atoms with E-state index >= 15 is 0 Å². The lowest BCUT2D eigenvalue weighted by Crippen LogP contribution is -2.19. The number of rotatable bonds is 7. The standard InChI is InChI=1S/C16H19F2NOS/c1-11(2)7-19-8-13-5-14(17)16(15(18)6-13)20-9-12-3-4-21-10-12/h3-6,10-11,19H,7-9H2,1-2H3. The van der Waals surface area contributed by atoms with Crippen LogP contribution >= 0.6 is 11.3 Å². The molecule has 0 saturated carbocycles. The van der Waals surface area contributed by atoms with Gasteiger partial charge in [0.2, 0.25) is 0 Å². The molecule has 1 heterocycles. The zero-order chi connectivity index (χ0) is 15.2. The molecule has 5 heteroatoms. The fourth-order valence-corrected chi connectivity index (χ4v) is 2.54. The Bertz CT molecular complexity index is 547. The van der Waals surface area contributed by atoms with E-state index in [9.17, 15) is 8.78 Å². The van der Waals surface area contributed by atoms with Gasteiger partial charge in [-0.05, 0) is 52.5 Å². The van der Waals surface area contributed by atoms with Crippen molar-refractivity contribution in [2.24, 2.45) is 5.92 Å². The van der Waals surface area contributed by atoms with Crippen molar-refractivity contribution in [3.63, 3.8) is 0 Å². The molecule has 1 aromatic heterocycles. The highest BCUT2D eigenvalue weighted by Gasteiger charge is 2.13. The number of benzene rings is 1. The molecule has 0 spiro atoms. The lowest BCUT2D eigenvalue weighted by Gasteiger charge is -2.11. The van der Waals surface area contributed by atoms with Crippen molar-refractivity contribution in [1.29, 1.82) is 0 Å². The summed E-state index contributed by atoms with van der Waals surface area (Å²) in [5, 5.41) is 6.94. The largest absolute Gasteiger partial charge is 0.483 e. The minimum absolute atomic E-state index is 0.169. The van der Waals surface area contributed by atoms with E-state index < -0.39 is 11.6 Å². The smallest absolute Gasteiger partial charge is 0.191 e. The topological polar surface area (TPSA) is 21.3 Å². The molecule has 0 aliphatic carbocycles. The molecular weight excluding hydrogens is 292 g/mol. The highest BCUT2D eigenvalue weighted by atomic mass is 32.1. The van der Waals surface area contributed by atoms with Crippen LogP contribution in [0.25, 0.3) is 0 Å². The van der Waals surface area contributed by atoms with Gasteiger partial charge in [0, 0.05) is 6.54 Å². The van der Waals surface area contributed by atoms with E-state index in [1.165, 1.54) is 23.5 Å². The number of hydrogen-bond acceptors (Lipinski definition) is 3. The maximum Gasteiger partial charge on any atom is 0.191 e. The first-order chi connectivity index (χ1) is 10.1. The Morgan fingerprint density at radius 1 is 1.19 bits per heavy atom. The van der Waals surface area contributed by atoms with Gasteiger partial charge in [0.25, 0.3) is 0 Å².